The Kier molecular flexibility index (Phi) is 5.24. The van der Waals surface area contributed by atoms with Crippen molar-refractivity contribution in [2.75, 3.05) is 13.6 Å². The maximum Gasteiger partial charge on any atom is 0.317 e. The molecule has 2 N–H and O–H groups in total. The average Bonchev–Trinajstić information content (AvgIpc) is 2.96. The van der Waals surface area contributed by atoms with E-state index >= 15 is 0 Å². The molecule has 2 unspecified atom stereocenters. The number of carbonyl (C=O) groups excluding carboxylic acids is 1. The number of aliphatic hydroxyl groups is 1. The molecule has 6 heteroatoms. The molecule has 1 aromatic heterocycles. The van der Waals surface area contributed by atoms with Gasteiger partial charge < -0.3 is 15.3 Å². The van der Waals surface area contributed by atoms with Crippen molar-refractivity contribution in [3.05, 3.63) is 20.8 Å². The predicted octanol–water partition coefficient (Wildman–Crippen LogP) is 2.81. The third kappa shape index (κ3) is 4.19. The summed E-state index contributed by atoms with van der Waals surface area (Å²) < 4.78 is 1.07. The van der Waals surface area contributed by atoms with Crippen molar-refractivity contribution < 1.29 is 9.90 Å². The van der Waals surface area contributed by atoms with Crippen molar-refractivity contribution in [3.63, 3.8) is 0 Å². The normalized spacial score (nSPS) is 22.5. The predicted molar refractivity (Wildman–Crippen MR) is 80.2 cm³/mol. The molecule has 1 heterocycles. The highest BCUT2D eigenvalue weighted by atomic mass is 79.9. The van der Waals surface area contributed by atoms with Crippen molar-refractivity contribution in [2.45, 2.75) is 31.9 Å². The van der Waals surface area contributed by atoms with Crippen molar-refractivity contribution in [1.82, 2.24) is 10.2 Å². The largest absolute Gasteiger partial charge is 0.393 e. The summed E-state index contributed by atoms with van der Waals surface area (Å²) >= 11 is 5.02. The van der Waals surface area contributed by atoms with Gasteiger partial charge in [0.15, 0.2) is 0 Å². The molecule has 0 spiro atoms. The number of amides is 2. The number of aliphatic hydroxyl groups excluding tert-OH is 1. The van der Waals surface area contributed by atoms with E-state index in [2.05, 4.69) is 21.2 Å². The number of hydrogen-bond donors (Lipinski definition) is 2. The highest BCUT2D eigenvalue weighted by molar-refractivity contribution is 9.11. The molecule has 0 radical (unpaired) electrons. The fraction of sp³-hybridized carbons (Fsp3) is 0.615. The number of nitrogens with one attached hydrogen (secondary N) is 1. The van der Waals surface area contributed by atoms with Crippen LogP contribution >= 0.6 is 27.3 Å². The second-order valence-corrected chi connectivity index (χ2v) is 7.55. The summed E-state index contributed by atoms with van der Waals surface area (Å²) in [7, 11) is 1.78. The number of rotatable bonds is 4. The molecule has 1 saturated carbocycles. The van der Waals surface area contributed by atoms with E-state index in [0.29, 0.717) is 13.1 Å². The van der Waals surface area contributed by atoms with Crippen LogP contribution < -0.4 is 5.32 Å². The Bertz CT molecular complexity index is 438. The maximum atomic E-state index is 11.9. The minimum absolute atomic E-state index is 0.0800. The van der Waals surface area contributed by atoms with Crippen LogP contribution in [0.5, 0.6) is 0 Å². The Morgan fingerprint density at radius 3 is 2.95 bits per heavy atom. The third-order valence-corrected chi connectivity index (χ3v) is 5.14. The number of urea groups is 1. The SMILES string of the molecule is CN(CC1CCCC1O)C(=O)NCc1ccc(Br)s1. The van der Waals surface area contributed by atoms with Crippen LogP contribution in [0.1, 0.15) is 24.1 Å². The number of halogens is 1. The molecule has 1 aliphatic carbocycles. The maximum absolute atomic E-state index is 11.9. The number of nitrogens with zero attached hydrogens (tertiary/aromatic N) is 1. The molecular weight excluding hydrogens is 328 g/mol. The van der Waals surface area contributed by atoms with Crippen LogP contribution in [0.15, 0.2) is 15.9 Å². The van der Waals surface area contributed by atoms with Gasteiger partial charge in [-0.15, -0.1) is 11.3 Å². The molecule has 2 amide bonds. The van der Waals surface area contributed by atoms with Crippen molar-refractivity contribution in [2.24, 2.45) is 5.92 Å². The lowest BCUT2D eigenvalue weighted by Crippen LogP contribution is -2.40. The molecule has 2 rings (SSSR count). The van der Waals surface area contributed by atoms with Gasteiger partial charge in [-0.05, 0) is 40.9 Å². The minimum atomic E-state index is -0.247. The van der Waals surface area contributed by atoms with Gasteiger partial charge in [0.2, 0.25) is 0 Å². The second kappa shape index (κ2) is 6.72. The zero-order chi connectivity index (χ0) is 13.8. The third-order valence-electron chi connectivity index (χ3n) is 3.52. The smallest absolute Gasteiger partial charge is 0.317 e. The van der Waals surface area contributed by atoms with Crippen LogP contribution in [0.25, 0.3) is 0 Å². The quantitative estimate of drug-likeness (QED) is 0.880. The van der Waals surface area contributed by atoms with E-state index in [1.165, 1.54) is 0 Å². The molecule has 0 saturated heterocycles. The molecule has 4 nitrogen and oxygen atoms in total. The molecular formula is C13H19BrN2O2S. The van der Waals surface area contributed by atoms with E-state index in [9.17, 15) is 9.90 Å². The van der Waals surface area contributed by atoms with Crippen LogP contribution in [0, 0.1) is 5.92 Å². The molecule has 1 aromatic rings. The Balaban J connectivity index is 1.76. The zero-order valence-electron chi connectivity index (χ0n) is 10.9. The van der Waals surface area contributed by atoms with Gasteiger partial charge in [0, 0.05) is 24.4 Å². The van der Waals surface area contributed by atoms with E-state index in [1.54, 1.807) is 23.3 Å². The van der Waals surface area contributed by atoms with Crippen molar-refractivity contribution >= 4 is 33.3 Å². The molecule has 2 atom stereocenters. The number of carbonyl (C=O) groups is 1. The van der Waals surface area contributed by atoms with Crippen LogP contribution in [-0.2, 0) is 6.54 Å². The van der Waals surface area contributed by atoms with Gasteiger partial charge in [-0.25, -0.2) is 4.79 Å². The van der Waals surface area contributed by atoms with E-state index in [4.69, 9.17) is 0 Å². The van der Waals surface area contributed by atoms with Gasteiger partial charge >= 0.3 is 6.03 Å². The molecule has 1 fully saturated rings. The summed E-state index contributed by atoms with van der Waals surface area (Å²) in [6.07, 6.45) is 2.69. The van der Waals surface area contributed by atoms with Gasteiger partial charge in [0.25, 0.3) is 0 Å². The first kappa shape index (κ1) is 14.8. The van der Waals surface area contributed by atoms with Crippen LogP contribution in [0.3, 0.4) is 0 Å². The summed E-state index contributed by atoms with van der Waals surface area (Å²) in [5, 5.41) is 12.7. The molecule has 0 aliphatic heterocycles. The molecule has 0 aromatic carbocycles. The second-order valence-electron chi connectivity index (χ2n) is 5.00. The number of hydrogen-bond acceptors (Lipinski definition) is 3. The van der Waals surface area contributed by atoms with Crippen LogP contribution in [0.4, 0.5) is 4.79 Å². The Morgan fingerprint density at radius 2 is 2.37 bits per heavy atom. The zero-order valence-corrected chi connectivity index (χ0v) is 13.3. The summed E-state index contributed by atoms with van der Waals surface area (Å²) in [6, 6.07) is 3.89. The first-order valence-electron chi connectivity index (χ1n) is 6.47. The van der Waals surface area contributed by atoms with Crippen LogP contribution in [-0.4, -0.2) is 35.7 Å². The minimum Gasteiger partial charge on any atom is -0.393 e. The molecule has 19 heavy (non-hydrogen) atoms. The van der Waals surface area contributed by atoms with Crippen molar-refractivity contribution in [1.29, 1.82) is 0 Å². The molecule has 0 bridgehead atoms. The summed E-state index contributed by atoms with van der Waals surface area (Å²) in [4.78, 5) is 14.7. The van der Waals surface area contributed by atoms with Crippen LogP contribution in [0.2, 0.25) is 0 Å². The van der Waals surface area contributed by atoms with E-state index in [-0.39, 0.29) is 18.1 Å². The van der Waals surface area contributed by atoms with E-state index in [1.807, 2.05) is 12.1 Å². The first-order valence-corrected chi connectivity index (χ1v) is 8.08. The first-order chi connectivity index (χ1) is 9.06. The topological polar surface area (TPSA) is 52.6 Å². The molecule has 1 aliphatic rings. The molecule has 106 valence electrons. The lowest BCUT2D eigenvalue weighted by molar-refractivity contribution is 0.114. The van der Waals surface area contributed by atoms with Crippen molar-refractivity contribution in [3.8, 4) is 0 Å². The Labute approximate surface area is 125 Å². The summed E-state index contributed by atoms with van der Waals surface area (Å²) in [5.41, 5.74) is 0. The highest BCUT2D eigenvalue weighted by Gasteiger charge is 2.27. The van der Waals surface area contributed by atoms with Gasteiger partial charge in [0.05, 0.1) is 16.4 Å². The van der Waals surface area contributed by atoms with E-state index < -0.39 is 0 Å². The van der Waals surface area contributed by atoms with Gasteiger partial charge in [-0.3, -0.25) is 0 Å². The van der Waals surface area contributed by atoms with Gasteiger partial charge in [0.1, 0.15) is 0 Å². The monoisotopic (exact) mass is 346 g/mol. The fourth-order valence-electron chi connectivity index (χ4n) is 2.41. The summed E-state index contributed by atoms with van der Waals surface area (Å²) in [6.45, 7) is 1.17. The standard InChI is InChI=1S/C13H19BrN2O2S/c1-16(8-9-3-2-4-11(9)17)13(18)15-7-10-5-6-12(14)19-10/h5-6,9,11,17H,2-4,7-8H2,1H3,(H,15,18). The van der Waals surface area contributed by atoms with Gasteiger partial charge in [-0.2, -0.15) is 0 Å². The Morgan fingerprint density at radius 1 is 1.58 bits per heavy atom. The lowest BCUT2D eigenvalue weighted by atomic mass is 10.1. The van der Waals surface area contributed by atoms with E-state index in [0.717, 1.165) is 27.9 Å². The van der Waals surface area contributed by atoms with Gasteiger partial charge in [-0.1, -0.05) is 6.42 Å². The summed E-state index contributed by atoms with van der Waals surface area (Å²) in [5.74, 6) is 0.228. The fourth-order valence-corrected chi connectivity index (χ4v) is 3.83. The number of thiophene rings is 1. The Hall–Kier alpha value is -0.590. The average molecular weight is 347 g/mol. The highest BCUT2D eigenvalue weighted by Crippen LogP contribution is 2.26. The lowest BCUT2D eigenvalue weighted by Gasteiger charge is -2.23.